The van der Waals surface area contributed by atoms with E-state index in [0.717, 1.165) is 24.0 Å². The minimum atomic E-state index is -0.0108. The van der Waals surface area contributed by atoms with Gasteiger partial charge in [-0.3, -0.25) is 9.97 Å². The summed E-state index contributed by atoms with van der Waals surface area (Å²) in [6.45, 7) is 4.37. The topological polar surface area (TPSA) is 35.0 Å². The molecule has 3 heteroatoms. The summed E-state index contributed by atoms with van der Waals surface area (Å²) in [5.74, 6) is 0. The zero-order chi connectivity index (χ0) is 21.5. The zero-order valence-electron chi connectivity index (χ0n) is 18.1. The molecule has 2 atom stereocenters. The fraction of sp³-hybridized carbons (Fsp3) is 0.214. The van der Waals surface area contributed by atoms with Crippen molar-refractivity contribution < 1.29 is 4.74 Å². The maximum Gasteiger partial charge on any atom is 0.0836 e. The van der Waals surface area contributed by atoms with Gasteiger partial charge in [-0.2, -0.15) is 0 Å². The molecule has 0 spiro atoms. The fourth-order valence-electron chi connectivity index (χ4n) is 4.10. The van der Waals surface area contributed by atoms with Crippen LogP contribution >= 0.6 is 0 Å². The van der Waals surface area contributed by atoms with Crippen LogP contribution < -0.4 is 0 Å². The van der Waals surface area contributed by atoms with Gasteiger partial charge in [0.05, 0.1) is 12.2 Å². The van der Waals surface area contributed by atoms with Crippen LogP contribution in [-0.2, 0) is 4.74 Å². The summed E-state index contributed by atoms with van der Waals surface area (Å²) in [5.41, 5.74) is 6.99. The lowest BCUT2D eigenvalue weighted by Crippen LogP contribution is -2.11. The molecule has 0 bridgehead atoms. The summed E-state index contributed by atoms with van der Waals surface area (Å²) in [6.07, 6.45) is 9.21. The summed E-state index contributed by atoms with van der Waals surface area (Å²) >= 11 is 0. The molecular weight excluding hydrogens is 380 g/mol. The Morgan fingerprint density at radius 1 is 0.613 bits per heavy atom. The van der Waals surface area contributed by atoms with Crippen LogP contribution in [0.4, 0.5) is 0 Å². The molecule has 0 saturated carbocycles. The van der Waals surface area contributed by atoms with Crippen LogP contribution in [-0.4, -0.2) is 9.97 Å². The van der Waals surface area contributed by atoms with Gasteiger partial charge in [0.1, 0.15) is 0 Å². The third-order valence-corrected chi connectivity index (χ3v) is 5.63. The molecule has 4 rings (SSSR count). The number of nitrogens with zero attached hydrogens (tertiary/aromatic N) is 2. The quantitative estimate of drug-likeness (QED) is 0.304. The molecule has 156 valence electrons. The second-order valence-corrected chi connectivity index (χ2v) is 7.59. The van der Waals surface area contributed by atoms with Crippen molar-refractivity contribution in [2.45, 2.75) is 38.9 Å². The molecule has 0 N–H and O–H groups in total. The molecule has 0 radical (unpaired) electrons. The van der Waals surface area contributed by atoms with Crippen molar-refractivity contribution >= 4 is 0 Å². The molecule has 2 aromatic heterocycles. The Bertz CT molecular complexity index is 1010. The molecule has 0 aliphatic heterocycles. The number of benzene rings is 2. The van der Waals surface area contributed by atoms with Gasteiger partial charge in [-0.25, -0.2) is 0 Å². The van der Waals surface area contributed by atoms with E-state index in [-0.39, 0.29) is 12.2 Å². The third kappa shape index (κ3) is 4.73. The van der Waals surface area contributed by atoms with Crippen molar-refractivity contribution in [2.75, 3.05) is 0 Å². The zero-order valence-corrected chi connectivity index (χ0v) is 18.1. The van der Waals surface area contributed by atoms with Gasteiger partial charge >= 0.3 is 0 Å². The van der Waals surface area contributed by atoms with E-state index in [1.54, 1.807) is 0 Å². The van der Waals surface area contributed by atoms with Crippen molar-refractivity contribution in [3.63, 3.8) is 0 Å². The van der Waals surface area contributed by atoms with Crippen molar-refractivity contribution in [3.05, 3.63) is 109 Å². The molecule has 2 aromatic carbocycles. The van der Waals surface area contributed by atoms with Gasteiger partial charge in [0.15, 0.2) is 0 Å². The van der Waals surface area contributed by atoms with Gasteiger partial charge < -0.3 is 4.74 Å². The highest BCUT2D eigenvalue weighted by molar-refractivity contribution is 5.68. The Morgan fingerprint density at radius 2 is 1.06 bits per heavy atom. The fourth-order valence-corrected chi connectivity index (χ4v) is 4.10. The highest BCUT2D eigenvalue weighted by atomic mass is 16.5. The molecule has 0 amide bonds. The average Bonchev–Trinajstić information content (AvgIpc) is 2.86. The van der Waals surface area contributed by atoms with Gasteiger partial charge in [0.2, 0.25) is 0 Å². The summed E-state index contributed by atoms with van der Waals surface area (Å²) in [7, 11) is 0. The maximum absolute atomic E-state index is 6.80. The Hall–Kier alpha value is -3.30. The van der Waals surface area contributed by atoms with Crippen molar-refractivity contribution in [1.29, 1.82) is 0 Å². The van der Waals surface area contributed by atoms with E-state index in [1.807, 2.05) is 36.9 Å². The van der Waals surface area contributed by atoms with E-state index in [2.05, 4.69) is 84.5 Å². The second-order valence-electron chi connectivity index (χ2n) is 7.59. The van der Waals surface area contributed by atoms with Crippen molar-refractivity contribution in [1.82, 2.24) is 9.97 Å². The maximum atomic E-state index is 6.80. The Balaban J connectivity index is 1.69. The number of pyridine rings is 2. The second kappa shape index (κ2) is 10.1. The molecule has 2 unspecified atom stereocenters. The molecule has 0 fully saturated rings. The van der Waals surface area contributed by atoms with E-state index >= 15 is 0 Å². The van der Waals surface area contributed by atoms with E-state index < -0.39 is 0 Å². The monoisotopic (exact) mass is 408 g/mol. The minimum absolute atomic E-state index is 0.0108. The number of rotatable bonds is 8. The molecule has 2 heterocycles. The molecule has 31 heavy (non-hydrogen) atoms. The van der Waals surface area contributed by atoms with Crippen LogP contribution in [0.5, 0.6) is 0 Å². The predicted octanol–water partition coefficient (Wildman–Crippen LogP) is 7.43. The first-order chi connectivity index (χ1) is 15.3. The lowest BCUT2D eigenvalue weighted by Gasteiger charge is -2.27. The number of hydrogen-bond donors (Lipinski definition) is 0. The van der Waals surface area contributed by atoms with Crippen LogP contribution in [0.25, 0.3) is 22.3 Å². The first-order valence-electron chi connectivity index (χ1n) is 11.0. The van der Waals surface area contributed by atoms with Crippen LogP contribution in [0.3, 0.4) is 0 Å². The first-order valence-corrected chi connectivity index (χ1v) is 11.0. The van der Waals surface area contributed by atoms with Gasteiger partial charge in [0, 0.05) is 35.9 Å². The van der Waals surface area contributed by atoms with Crippen molar-refractivity contribution in [2.24, 2.45) is 0 Å². The van der Waals surface area contributed by atoms with Crippen LogP contribution in [0, 0.1) is 0 Å². The Kier molecular flexibility index (Phi) is 6.85. The van der Waals surface area contributed by atoms with E-state index in [9.17, 15) is 0 Å². The molecule has 0 aliphatic carbocycles. The number of aromatic nitrogens is 2. The third-order valence-electron chi connectivity index (χ3n) is 5.63. The largest absolute Gasteiger partial charge is 0.366 e. The van der Waals surface area contributed by atoms with Crippen LogP contribution in [0.1, 0.15) is 50.0 Å². The molecule has 0 aliphatic rings. The normalized spacial score (nSPS) is 13.0. The highest BCUT2D eigenvalue weighted by Crippen LogP contribution is 2.38. The van der Waals surface area contributed by atoms with E-state index in [4.69, 9.17) is 4.74 Å². The Morgan fingerprint density at radius 3 is 1.45 bits per heavy atom. The standard InChI is InChI=1S/C28H28N2O/c1-3-27(25-15-7-5-13-23(25)21-11-9-17-29-19-21)31-28(4-2)26-16-8-6-14-24(26)22-12-10-18-30-20-22/h5-20,27-28H,3-4H2,1-2H3. The van der Waals surface area contributed by atoms with Gasteiger partial charge in [-0.15, -0.1) is 0 Å². The number of hydrogen-bond acceptors (Lipinski definition) is 3. The average molecular weight is 409 g/mol. The van der Waals surface area contributed by atoms with Crippen LogP contribution in [0.15, 0.2) is 97.6 Å². The van der Waals surface area contributed by atoms with Gasteiger partial charge in [-0.1, -0.05) is 74.5 Å². The molecule has 3 nitrogen and oxygen atoms in total. The summed E-state index contributed by atoms with van der Waals surface area (Å²) in [5, 5.41) is 0. The smallest absolute Gasteiger partial charge is 0.0836 e. The summed E-state index contributed by atoms with van der Waals surface area (Å²) in [6, 6.07) is 25.2. The SMILES string of the molecule is CCC(OC(CC)c1ccccc1-c1cccnc1)c1ccccc1-c1cccnc1. The highest BCUT2D eigenvalue weighted by Gasteiger charge is 2.22. The lowest BCUT2D eigenvalue weighted by molar-refractivity contribution is -0.0186. The summed E-state index contributed by atoms with van der Waals surface area (Å²) in [4.78, 5) is 8.62. The summed E-state index contributed by atoms with van der Waals surface area (Å²) < 4.78 is 6.80. The number of ether oxygens (including phenoxy) is 1. The Labute approximate surface area is 184 Å². The predicted molar refractivity (Wildman–Crippen MR) is 126 cm³/mol. The van der Waals surface area contributed by atoms with E-state index in [0.29, 0.717) is 0 Å². The molecular formula is C28H28N2O. The minimum Gasteiger partial charge on any atom is -0.366 e. The lowest BCUT2D eigenvalue weighted by atomic mass is 9.94. The van der Waals surface area contributed by atoms with Gasteiger partial charge in [-0.05, 0) is 47.2 Å². The first kappa shape index (κ1) is 21.0. The van der Waals surface area contributed by atoms with E-state index in [1.165, 1.54) is 22.3 Å². The molecule has 0 saturated heterocycles. The molecule has 4 aromatic rings. The van der Waals surface area contributed by atoms with Gasteiger partial charge in [0.25, 0.3) is 0 Å². The van der Waals surface area contributed by atoms with Crippen LogP contribution in [0.2, 0.25) is 0 Å². The van der Waals surface area contributed by atoms with Crippen molar-refractivity contribution in [3.8, 4) is 22.3 Å².